The molecular formula is C17H26N4OS. The normalized spacial score (nSPS) is 12.6. The van der Waals surface area contributed by atoms with Gasteiger partial charge in [0, 0.05) is 5.25 Å². The van der Waals surface area contributed by atoms with Crippen LogP contribution in [0.4, 0.5) is 0 Å². The number of rotatable bonds is 7. The summed E-state index contributed by atoms with van der Waals surface area (Å²) in [6, 6.07) is 6.28. The Labute approximate surface area is 142 Å². The van der Waals surface area contributed by atoms with E-state index < -0.39 is 0 Å². The number of nitrogens with two attached hydrogens (primary N) is 1. The third kappa shape index (κ3) is 4.41. The topological polar surface area (TPSA) is 66.0 Å². The highest BCUT2D eigenvalue weighted by atomic mass is 32.2. The summed E-state index contributed by atoms with van der Waals surface area (Å²) < 4.78 is 7.51. The number of nitrogens with zero attached hydrogens (tertiary/aromatic N) is 3. The summed E-state index contributed by atoms with van der Waals surface area (Å²) in [6.45, 7) is 11.0. The summed E-state index contributed by atoms with van der Waals surface area (Å²) in [4.78, 5) is 0. The lowest BCUT2D eigenvalue weighted by Crippen LogP contribution is -2.16. The van der Waals surface area contributed by atoms with Crippen molar-refractivity contribution in [3.05, 3.63) is 35.2 Å². The van der Waals surface area contributed by atoms with Crippen molar-refractivity contribution < 1.29 is 4.74 Å². The van der Waals surface area contributed by atoms with Crippen LogP contribution in [0.25, 0.3) is 0 Å². The summed E-state index contributed by atoms with van der Waals surface area (Å²) in [6.07, 6.45) is 1.06. The average molecular weight is 334 g/mol. The number of nitrogen functional groups attached to an aromatic ring is 1. The largest absolute Gasteiger partial charge is 0.485 e. The van der Waals surface area contributed by atoms with Crippen LogP contribution >= 0.6 is 11.8 Å². The van der Waals surface area contributed by atoms with Crippen molar-refractivity contribution in [3.8, 4) is 5.75 Å². The van der Waals surface area contributed by atoms with Gasteiger partial charge in [0.1, 0.15) is 12.4 Å². The lowest BCUT2D eigenvalue weighted by atomic mass is 10.0. The van der Waals surface area contributed by atoms with Crippen LogP contribution in [-0.4, -0.2) is 20.1 Å². The number of benzene rings is 1. The van der Waals surface area contributed by atoms with E-state index >= 15 is 0 Å². The van der Waals surface area contributed by atoms with Gasteiger partial charge in [-0.1, -0.05) is 51.6 Å². The second-order valence-corrected chi connectivity index (χ2v) is 7.50. The molecule has 0 aliphatic heterocycles. The fourth-order valence-electron chi connectivity index (χ4n) is 2.14. The molecule has 0 saturated heterocycles. The van der Waals surface area contributed by atoms with Gasteiger partial charge in [-0.2, -0.15) is 0 Å². The lowest BCUT2D eigenvalue weighted by Gasteiger charge is -2.14. The molecule has 1 aromatic carbocycles. The molecule has 0 bridgehead atoms. The maximum Gasteiger partial charge on any atom is 0.210 e. The Morgan fingerprint density at radius 2 is 2.00 bits per heavy atom. The molecule has 0 spiro atoms. The van der Waals surface area contributed by atoms with Gasteiger partial charge in [0.05, 0.1) is 0 Å². The number of hydrogen-bond donors (Lipinski definition) is 1. The fraction of sp³-hybridized carbons (Fsp3) is 0.529. The van der Waals surface area contributed by atoms with Gasteiger partial charge in [-0.15, -0.1) is 10.2 Å². The second kappa shape index (κ2) is 7.73. The molecule has 1 atom stereocenters. The summed E-state index contributed by atoms with van der Waals surface area (Å²) in [7, 11) is 0. The van der Waals surface area contributed by atoms with E-state index in [1.54, 1.807) is 11.8 Å². The number of ether oxygens (including phenoxy) is 1. The standard InChI is InChI=1S/C17H26N4OS/c1-6-13(5)23-17-20-19-16(21(17)18)10-22-15-9-12(4)7-8-14(15)11(2)3/h7-9,11,13H,6,10,18H2,1-5H3. The van der Waals surface area contributed by atoms with Crippen LogP contribution in [0.1, 0.15) is 57.0 Å². The first-order chi connectivity index (χ1) is 10.9. The van der Waals surface area contributed by atoms with Crippen molar-refractivity contribution in [3.63, 3.8) is 0 Å². The zero-order valence-corrected chi connectivity index (χ0v) is 15.4. The molecule has 0 aliphatic carbocycles. The molecule has 0 aliphatic rings. The summed E-state index contributed by atoms with van der Waals surface area (Å²) in [5.74, 6) is 8.01. The summed E-state index contributed by atoms with van der Waals surface area (Å²) >= 11 is 1.63. The third-order valence-corrected chi connectivity index (χ3v) is 4.99. The molecule has 2 N–H and O–H groups in total. The molecule has 0 fully saturated rings. The summed E-state index contributed by atoms with van der Waals surface area (Å²) in [5, 5.41) is 9.51. The Morgan fingerprint density at radius 1 is 1.26 bits per heavy atom. The molecule has 2 rings (SSSR count). The lowest BCUT2D eigenvalue weighted by molar-refractivity contribution is 0.287. The monoisotopic (exact) mass is 334 g/mol. The van der Waals surface area contributed by atoms with Crippen LogP contribution in [-0.2, 0) is 6.61 Å². The van der Waals surface area contributed by atoms with Gasteiger partial charge in [-0.25, -0.2) is 4.68 Å². The zero-order valence-electron chi connectivity index (χ0n) is 14.5. The van der Waals surface area contributed by atoms with Crippen molar-refractivity contribution in [2.24, 2.45) is 0 Å². The van der Waals surface area contributed by atoms with E-state index in [-0.39, 0.29) is 0 Å². The quantitative estimate of drug-likeness (QED) is 0.614. The Bertz CT molecular complexity index is 654. The molecular weight excluding hydrogens is 308 g/mol. The smallest absolute Gasteiger partial charge is 0.210 e. The predicted octanol–water partition coefficient (Wildman–Crippen LogP) is 3.89. The molecule has 2 aromatic rings. The van der Waals surface area contributed by atoms with Crippen LogP contribution in [0.5, 0.6) is 5.75 Å². The first-order valence-electron chi connectivity index (χ1n) is 8.01. The van der Waals surface area contributed by atoms with Gasteiger partial charge < -0.3 is 10.6 Å². The minimum absolute atomic E-state index is 0.313. The Morgan fingerprint density at radius 3 is 2.65 bits per heavy atom. The molecule has 0 radical (unpaired) electrons. The predicted molar refractivity (Wildman–Crippen MR) is 95.4 cm³/mol. The van der Waals surface area contributed by atoms with E-state index in [4.69, 9.17) is 10.6 Å². The van der Waals surface area contributed by atoms with Crippen LogP contribution in [0.3, 0.4) is 0 Å². The van der Waals surface area contributed by atoms with Crippen molar-refractivity contribution in [1.29, 1.82) is 0 Å². The molecule has 0 amide bonds. The molecule has 0 saturated carbocycles. The van der Waals surface area contributed by atoms with Gasteiger partial charge in [0.15, 0.2) is 5.82 Å². The summed E-state index contributed by atoms with van der Waals surface area (Å²) in [5.41, 5.74) is 2.36. The van der Waals surface area contributed by atoms with Crippen molar-refractivity contribution in [2.45, 2.75) is 64.0 Å². The number of hydrogen-bond acceptors (Lipinski definition) is 5. The second-order valence-electron chi connectivity index (χ2n) is 6.09. The fourth-order valence-corrected chi connectivity index (χ4v) is 2.97. The Balaban J connectivity index is 2.11. The number of aryl methyl sites for hydroxylation is 1. The van der Waals surface area contributed by atoms with Gasteiger partial charge in [-0.3, -0.25) is 0 Å². The molecule has 1 heterocycles. The van der Waals surface area contributed by atoms with Crippen LogP contribution in [0.15, 0.2) is 23.4 Å². The van der Waals surface area contributed by atoms with E-state index in [9.17, 15) is 0 Å². The number of thioether (sulfide) groups is 1. The van der Waals surface area contributed by atoms with Gasteiger partial charge in [0.2, 0.25) is 5.16 Å². The van der Waals surface area contributed by atoms with Crippen LogP contribution in [0.2, 0.25) is 0 Å². The van der Waals surface area contributed by atoms with Crippen LogP contribution < -0.4 is 10.6 Å². The van der Waals surface area contributed by atoms with E-state index in [0.717, 1.165) is 17.3 Å². The van der Waals surface area contributed by atoms with Gasteiger partial charge in [0.25, 0.3) is 0 Å². The van der Waals surface area contributed by atoms with Crippen molar-refractivity contribution >= 4 is 11.8 Å². The Hall–Kier alpha value is -1.69. The molecule has 126 valence electrons. The minimum Gasteiger partial charge on any atom is -0.485 e. The Kier molecular flexibility index (Phi) is 5.93. The maximum absolute atomic E-state index is 6.09. The number of aromatic nitrogens is 3. The van der Waals surface area contributed by atoms with E-state index in [0.29, 0.717) is 23.6 Å². The van der Waals surface area contributed by atoms with Gasteiger partial charge in [-0.05, 0) is 36.5 Å². The SMILES string of the molecule is CCC(C)Sc1nnc(COc2cc(C)ccc2C(C)C)n1N. The van der Waals surface area contributed by atoms with Crippen LogP contribution in [0, 0.1) is 6.92 Å². The first kappa shape index (κ1) is 17.7. The molecule has 1 aromatic heterocycles. The molecule has 1 unspecified atom stereocenters. The van der Waals surface area contributed by atoms with Gasteiger partial charge >= 0.3 is 0 Å². The highest BCUT2D eigenvalue weighted by molar-refractivity contribution is 7.99. The van der Waals surface area contributed by atoms with Crippen molar-refractivity contribution in [2.75, 3.05) is 5.84 Å². The van der Waals surface area contributed by atoms with E-state index in [1.165, 1.54) is 15.8 Å². The highest BCUT2D eigenvalue weighted by Gasteiger charge is 2.15. The molecule has 5 nitrogen and oxygen atoms in total. The van der Waals surface area contributed by atoms with Crippen molar-refractivity contribution in [1.82, 2.24) is 14.9 Å². The zero-order chi connectivity index (χ0) is 17.0. The highest BCUT2D eigenvalue weighted by Crippen LogP contribution is 2.28. The van der Waals surface area contributed by atoms with E-state index in [1.807, 2.05) is 0 Å². The maximum atomic E-state index is 6.09. The molecule has 23 heavy (non-hydrogen) atoms. The first-order valence-corrected chi connectivity index (χ1v) is 8.89. The molecule has 6 heteroatoms. The third-order valence-electron chi connectivity index (χ3n) is 3.76. The van der Waals surface area contributed by atoms with E-state index in [2.05, 4.69) is 63.0 Å². The minimum atomic E-state index is 0.313. The average Bonchev–Trinajstić information content (AvgIpc) is 2.85.